The van der Waals surface area contributed by atoms with Gasteiger partial charge in [0.25, 0.3) is 0 Å². The van der Waals surface area contributed by atoms with Gasteiger partial charge in [0.15, 0.2) is 0 Å². The predicted molar refractivity (Wildman–Crippen MR) is 78.4 cm³/mol. The van der Waals surface area contributed by atoms with Crippen LogP contribution in [0.2, 0.25) is 5.02 Å². The highest BCUT2D eigenvalue weighted by molar-refractivity contribution is 9.09. The molecule has 0 aliphatic heterocycles. The zero-order chi connectivity index (χ0) is 12.7. The predicted octanol–water partition coefficient (Wildman–Crippen LogP) is 5.76. The van der Waals surface area contributed by atoms with Crippen molar-refractivity contribution in [3.8, 4) is 5.75 Å². The molecule has 1 unspecified atom stereocenters. The Bertz CT molecular complexity index is 341. The number of hydrogen-bond donors (Lipinski definition) is 0. The van der Waals surface area contributed by atoms with E-state index in [1.807, 2.05) is 18.2 Å². The Hall–Kier alpha value is -0.210. The molecular formula is C14H20BrClO. The molecule has 1 aromatic carbocycles. The number of benzene rings is 1. The summed E-state index contributed by atoms with van der Waals surface area (Å²) in [6, 6.07) is 5.78. The van der Waals surface area contributed by atoms with Gasteiger partial charge in [-0.05, 0) is 24.6 Å². The van der Waals surface area contributed by atoms with Crippen LogP contribution in [-0.2, 0) is 0 Å². The van der Waals surface area contributed by atoms with Gasteiger partial charge in [-0.25, -0.2) is 0 Å². The van der Waals surface area contributed by atoms with Crippen molar-refractivity contribution < 1.29 is 4.74 Å². The largest absolute Gasteiger partial charge is 0.496 e. The van der Waals surface area contributed by atoms with E-state index in [1.54, 1.807) is 7.11 Å². The number of methoxy groups -OCH3 is 1. The van der Waals surface area contributed by atoms with Gasteiger partial charge in [-0.3, -0.25) is 0 Å². The molecule has 0 N–H and O–H groups in total. The first-order chi connectivity index (χ1) is 8.19. The highest BCUT2D eigenvalue weighted by Crippen LogP contribution is 2.36. The molecule has 0 amide bonds. The molecule has 1 aromatic rings. The van der Waals surface area contributed by atoms with Crippen molar-refractivity contribution in [1.29, 1.82) is 0 Å². The first-order valence-corrected chi connectivity index (χ1v) is 7.46. The minimum atomic E-state index is 0.327. The molecule has 96 valence electrons. The SMILES string of the molecule is CCCCCCC(Br)c1cc(Cl)ccc1OC. The van der Waals surface area contributed by atoms with Crippen molar-refractivity contribution in [2.24, 2.45) is 0 Å². The van der Waals surface area contributed by atoms with Gasteiger partial charge in [-0.2, -0.15) is 0 Å². The number of hydrogen-bond acceptors (Lipinski definition) is 1. The van der Waals surface area contributed by atoms with Crippen LogP contribution in [0.15, 0.2) is 18.2 Å². The van der Waals surface area contributed by atoms with Crippen molar-refractivity contribution >= 4 is 27.5 Å². The van der Waals surface area contributed by atoms with E-state index < -0.39 is 0 Å². The summed E-state index contributed by atoms with van der Waals surface area (Å²) in [7, 11) is 1.70. The molecule has 0 bridgehead atoms. The molecule has 0 aliphatic carbocycles. The summed E-state index contributed by atoms with van der Waals surface area (Å²) in [5.41, 5.74) is 1.15. The number of ether oxygens (including phenoxy) is 1. The minimum Gasteiger partial charge on any atom is -0.496 e. The number of rotatable bonds is 7. The van der Waals surface area contributed by atoms with E-state index in [0.29, 0.717) is 4.83 Å². The molecule has 0 saturated heterocycles. The fraction of sp³-hybridized carbons (Fsp3) is 0.571. The fourth-order valence-electron chi connectivity index (χ4n) is 1.86. The molecule has 0 saturated carbocycles. The molecule has 17 heavy (non-hydrogen) atoms. The smallest absolute Gasteiger partial charge is 0.123 e. The summed E-state index contributed by atoms with van der Waals surface area (Å²) in [6.45, 7) is 2.23. The van der Waals surface area contributed by atoms with E-state index in [-0.39, 0.29) is 0 Å². The summed E-state index contributed by atoms with van der Waals surface area (Å²) in [6.07, 6.45) is 6.23. The van der Waals surface area contributed by atoms with E-state index >= 15 is 0 Å². The first-order valence-electron chi connectivity index (χ1n) is 6.16. The maximum absolute atomic E-state index is 6.03. The van der Waals surface area contributed by atoms with E-state index in [9.17, 15) is 0 Å². The van der Waals surface area contributed by atoms with Crippen LogP contribution in [0.5, 0.6) is 5.75 Å². The average Bonchev–Trinajstić information content (AvgIpc) is 2.34. The lowest BCUT2D eigenvalue weighted by Crippen LogP contribution is -1.95. The van der Waals surface area contributed by atoms with Gasteiger partial charge in [0, 0.05) is 15.4 Å². The Labute approximate surface area is 118 Å². The van der Waals surface area contributed by atoms with Crippen LogP contribution in [0.25, 0.3) is 0 Å². The molecule has 1 nitrogen and oxygen atoms in total. The summed E-state index contributed by atoms with van der Waals surface area (Å²) in [5, 5.41) is 0.763. The Morgan fingerprint density at radius 1 is 1.29 bits per heavy atom. The summed E-state index contributed by atoms with van der Waals surface area (Å²) in [5.74, 6) is 0.909. The number of halogens is 2. The molecule has 0 radical (unpaired) electrons. The van der Waals surface area contributed by atoms with Gasteiger partial charge >= 0.3 is 0 Å². The Balaban J connectivity index is 2.60. The third-order valence-electron chi connectivity index (χ3n) is 2.84. The van der Waals surface area contributed by atoms with Gasteiger partial charge in [-0.1, -0.05) is 60.1 Å². The quantitative estimate of drug-likeness (QED) is 0.459. The van der Waals surface area contributed by atoms with Crippen molar-refractivity contribution in [3.05, 3.63) is 28.8 Å². The fourth-order valence-corrected chi connectivity index (χ4v) is 2.72. The molecule has 0 heterocycles. The van der Waals surface area contributed by atoms with Crippen molar-refractivity contribution in [3.63, 3.8) is 0 Å². The van der Waals surface area contributed by atoms with Gasteiger partial charge in [0.1, 0.15) is 5.75 Å². The van der Waals surface area contributed by atoms with Gasteiger partial charge < -0.3 is 4.74 Å². The van der Waals surface area contributed by atoms with Crippen LogP contribution < -0.4 is 4.74 Å². The first kappa shape index (κ1) is 14.8. The molecule has 3 heteroatoms. The second-order valence-electron chi connectivity index (χ2n) is 4.20. The molecule has 0 aromatic heterocycles. The maximum atomic E-state index is 6.03. The molecule has 0 spiro atoms. The van der Waals surface area contributed by atoms with Gasteiger partial charge in [0.2, 0.25) is 0 Å². The van der Waals surface area contributed by atoms with Crippen molar-refractivity contribution in [2.75, 3.05) is 7.11 Å². The molecule has 0 aliphatic rings. The minimum absolute atomic E-state index is 0.327. The van der Waals surface area contributed by atoms with Crippen molar-refractivity contribution in [2.45, 2.75) is 43.9 Å². The number of alkyl halides is 1. The van der Waals surface area contributed by atoms with E-state index in [2.05, 4.69) is 22.9 Å². The van der Waals surface area contributed by atoms with E-state index in [0.717, 1.165) is 22.8 Å². The monoisotopic (exact) mass is 318 g/mol. The van der Waals surface area contributed by atoms with Crippen LogP contribution in [0.4, 0.5) is 0 Å². The standard InChI is InChI=1S/C14H20BrClO/c1-3-4-5-6-7-13(15)12-10-11(16)8-9-14(12)17-2/h8-10,13H,3-7H2,1-2H3. The van der Waals surface area contributed by atoms with Crippen LogP contribution >= 0.6 is 27.5 Å². The average molecular weight is 320 g/mol. The molecular weight excluding hydrogens is 300 g/mol. The highest BCUT2D eigenvalue weighted by Gasteiger charge is 2.13. The molecule has 1 atom stereocenters. The van der Waals surface area contributed by atoms with Crippen LogP contribution in [0, 0.1) is 0 Å². The lowest BCUT2D eigenvalue weighted by atomic mass is 10.0. The Morgan fingerprint density at radius 3 is 2.71 bits per heavy atom. The Morgan fingerprint density at radius 2 is 2.06 bits per heavy atom. The lowest BCUT2D eigenvalue weighted by Gasteiger charge is -2.14. The maximum Gasteiger partial charge on any atom is 0.123 e. The topological polar surface area (TPSA) is 9.23 Å². The van der Waals surface area contributed by atoms with Crippen LogP contribution in [0.1, 0.15) is 49.4 Å². The molecule has 0 fully saturated rings. The van der Waals surface area contributed by atoms with E-state index in [1.165, 1.54) is 25.7 Å². The zero-order valence-corrected chi connectivity index (χ0v) is 12.9. The third kappa shape index (κ3) is 4.89. The summed E-state index contributed by atoms with van der Waals surface area (Å²) < 4.78 is 5.36. The van der Waals surface area contributed by atoms with Crippen molar-refractivity contribution in [1.82, 2.24) is 0 Å². The third-order valence-corrected chi connectivity index (χ3v) is 4.03. The summed E-state index contributed by atoms with van der Waals surface area (Å²) >= 11 is 9.75. The molecule has 1 rings (SSSR count). The van der Waals surface area contributed by atoms with Crippen LogP contribution in [-0.4, -0.2) is 7.11 Å². The zero-order valence-electron chi connectivity index (χ0n) is 10.5. The second-order valence-corrected chi connectivity index (χ2v) is 5.74. The van der Waals surface area contributed by atoms with E-state index in [4.69, 9.17) is 16.3 Å². The van der Waals surface area contributed by atoms with Gasteiger partial charge in [-0.15, -0.1) is 0 Å². The highest BCUT2D eigenvalue weighted by atomic mass is 79.9. The Kier molecular flexibility index (Phi) is 6.98. The normalized spacial score (nSPS) is 12.5. The van der Waals surface area contributed by atoms with Gasteiger partial charge in [0.05, 0.1) is 7.11 Å². The second kappa shape index (κ2) is 7.99. The lowest BCUT2D eigenvalue weighted by molar-refractivity contribution is 0.408. The van der Waals surface area contributed by atoms with Crippen LogP contribution in [0.3, 0.4) is 0 Å². The summed E-state index contributed by atoms with van der Waals surface area (Å²) in [4.78, 5) is 0.327. The number of unbranched alkanes of at least 4 members (excludes halogenated alkanes) is 3.